The third-order valence-electron chi connectivity index (χ3n) is 2.54. The molecule has 0 atom stereocenters. The van der Waals surface area contributed by atoms with Crippen LogP contribution in [0.4, 0.5) is 0 Å². The first-order chi connectivity index (χ1) is 7.65. The molecule has 7 heteroatoms. The highest BCUT2D eigenvalue weighted by Crippen LogP contribution is 2.19. The topological polar surface area (TPSA) is 88.3 Å². The molecule has 2 rings (SSSR count). The number of aliphatic carboxylic acids is 1. The molecular weight excluding hydrogens is 212 g/mol. The molecule has 0 aromatic carbocycles. The Bertz CT molecular complexity index is 383. The molecule has 86 valence electrons. The minimum Gasteiger partial charge on any atom is -0.481 e. The van der Waals surface area contributed by atoms with Crippen LogP contribution in [0.3, 0.4) is 0 Å². The maximum Gasteiger partial charge on any atom is 0.303 e. The van der Waals surface area contributed by atoms with E-state index in [9.17, 15) is 9.59 Å². The quantitative estimate of drug-likeness (QED) is 0.724. The van der Waals surface area contributed by atoms with E-state index in [1.807, 2.05) is 0 Å². The third kappa shape index (κ3) is 2.36. The van der Waals surface area contributed by atoms with Gasteiger partial charge in [0.1, 0.15) is 6.54 Å². The van der Waals surface area contributed by atoms with Crippen LogP contribution >= 0.6 is 0 Å². The molecule has 1 aliphatic heterocycles. The van der Waals surface area contributed by atoms with Gasteiger partial charge in [-0.15, -0.1) is 5.10 Å². The second kappa shape index (κ2) is 4.30. The molecule has 1 N–H and O–H groups in total. The molecule has 0 bridgehead atoms. The van der Waals surface area contributed by atoms with Gasteiger partial charge in [-0.1, -0.05) is 5.21 Å². The van der Waals surface area contributed by atoms with Crippen molar-refractivity contribution in [1.29, 1.82) is 0 Å². The lowest BCUT2D eigenvalue weighted by Gasteiger charge is -2.38. The third-order valence-corrected chi connectivity index (χ3v) is 2.54. The molecular formula is C9H12N4O3. The van der Waals surface area contributed by atoms with Gasteiger partial charge in [-0.2, -0.15) is 0 Å². The number of hydrogen-bond donors (Lipinski definition) is 1. The second-order valence-electron chi connectivity index (χ2n) is 3.86. The number of likely N-dealkylation sites (tertiary alicyclic amines) is 1. The summed E-state index contributed by atoms with van der Waals surface area (Å²) >= 11 is 0. The maximum atomic E-state index is 11.6. The summed E-state index contributed by atoms with van der Waals surface area (Å²) in [5.74, 6) is -0.766. The number of hydrogen-bond acceptors (Lipinski definition) is 4. The first kappa shape index (κ1) is 10.6. The van der Waals surface area contributed by atoms with E-state index in [-0.39, 0.29) is 24.8 Å². The Morgan fingerprint density at radius 3 is 2.75 bits per heavy atom. The molecule has 7 nitrogen and oxygen atoms in total. The minimum atomic E-state index is -0.812. The molecule has 1 aromatic heterocycles. The first-order valence-electron chi connectivity index (χ1n) is 4.99. The molecule has 1 saturated heterocycles. The van der Waals surface area contributed by atoms with E-state index in [2.05, 4.69) is 10.3 Å². The van der Waals surface area contributed by atoms with Gasteiger partial charge in [0.2, 0.25) is 5.91 Å². The number of carboxylic acid groups (broad SMARTS) is 1. The van der Waals surface area contributed by atoms with Crippen molar-refractivity contribution in [1.82, 2.24) is 19.9 Å². The van der Waals surface area contributed by atoms with Crippen LogP contribution in [0.2, 0.25) is 0 Å². The number of aromatic nitrogens is 3. The zero-order valence-corrected chi connectivity index (χ0v) is 8.61. The molecule has 0 unspecified atom stereocenters. The van der Waals surface area contributed by atoms with Crippen molar-refractivity contribution in [3.8, 4) is 0 Å². The van der Waals surface area contributed by atoms with Crippen LogP contribution in [0.5, 0.6) is 0 Å². The summed E-state index contributed by atoms with van der Waals surface area (Å²) in [5, 5.41) is 15.8. The zero-order chi connectivity index (χ0) is 11.5. The van der Waals surface area contributed by atoms with E-state index in [0.717, 1.165) is 0 Å². The summed E-state index contributed by atoms with van der Waals surface area (Å²) in [4.78, 5) is 23.7. The van der Waals surface area contributed by atoms with Crippen molar-refractivity contribution in [3.63, 3.8) is 0 Å². The molecule has 16 heavy (non-hydrogen) atoms. The predicted molar refractivity (Wildman–Crippen MR) is 52.3 cm³/mol. The molecule has 0 radical (unpaired) electrons. The number of carbonyl (C=O) groups is 2. The van der Waals surface area contributed by atoms with E-state index in [1.165, 1.54) is 10.9 Å². The molecule has 0 saturated carbocycles. The fraction of sp³-hybridized carbons (Fsp3) is 0.556. The highest BCUT2D eigenvalue weighted by molar-refractivity contribution is 5.77. The normalized spacial score (nSPS) is 15.9. The molecule has 0 aliphatic carbocycles. The van der Waals surface area contributed by atoms with Crippen molar-refractivity contribution >= 4 is 11.9 Å². The van der Waals surface area contributed by atoms with E-state index >= 15 is 0 Å². The van der Waals surface area contributed by atoms with Gasteiger partial charge in [-0.3, -0.25) is 9.59 Å². The lowest BCUT2D eigenvalue weighted by Crippen LogP contribution is -2.51. The largest absolute Gasteiger partial charge is 0.481 e. The molecule has 1 amide bonds. The summed E-state index contributed by atoms with van der Waals surface area (Å²) in [6, 6.07) is 0. The van der Waals surface area contributed by atoms with Crippen LogP contribution in [0.25, 0.3) is 0 Å². The number of nitrogens with zero attached hydrogens (tertiary/aromatic N) is 4. The number of carboxylic acids is 1. The van der Waals surface area contributed by atoms with E-state index in [4.69, 9.17) is 5.11 Å². The molecule has 1 aliphatic rings. The van der Waals surface area contributed by atoms with Gasteiger partial charge in [0.05, 0.1) is 12.6 Å². The summed E-state index contributed by atoms with van der Waals surface area (Å²) in [6.07, 6.45) is 3.26. The average molecular weight is 224 g/mol. The van der Waals surface area contributed by atoms with Crippen molar-refractivity contribution < 1.29 is 14.7 Å². The van der Waals surface area contributed by atoms with E-state index in [1.54, 1.807) is 11.1 Å². The molecule has 1 fully saturated rings. The zero-order valence-electron chi connectivity index (χ0n) is 8.61. The van der Waals surface area contributed by atoms with Crippen molar-refractivity contribution in [2.24, 2.45) is 5.92 Å². The molecule has 0 spiro atoms. The Kier molecular flexibility index (Phi) is 2.84. The Morgan fingerprint density at radius 2 is 2.19 bits per heavy atom. The van der Waals surface area contributed by atoms with Gasteiger partial charge in [0, 0.05) is 25.2 Å². The minimum absolute atomic E-state index is 0.0489. The Labute approximate surface area is 91.7 Å². The second-order valence-corrected chi connectivity index (χ2v) is 3.86. The number of amides is 1. The summed E-state index contributed by atoms with van der Waals surface area (Å²) in [6.45, 7) is 1.22. The summed E-state index contributed by atoms with van der Waals surface area (Å²) in [7, 11) is 0. The van der Waals surface area contributed by atoms with E-state index < -0.39 is 5.97 Å². The summed E-state index contributed by atoms with van der Waals surface area (Å²) < 4.78 is 1.45. The molecule has 1 aromatic rings. The molecule has 2 heterocycles. The Balaban J connectivity index is 1.75. The van der Waals surface area contributed by atoms with Crippen LogP contribution < -0.4 is 0 Å². The Morgan fingerprint density at radius 1 is 1.44 bits per heavy atom. The van der Waals surface area contributed by atoms with Gasteiger partial charge in [0.15, 0.2) is 0 Å². The SMILES string of the molecule is O=C(O)CC1CN(C(=O)Cn2ccnn2)C1. The first-order valence-corrected chi connectivity index (χ1v) is 4.99. The fourth-order valence-electron chi connectivity index (χ4n) is 1.71. The lowest BCUT2D eigenvalue weighted by atomic mass is 9.96. The van der Waals surface area contributed by atoms with E-state index in [0.29, 0.717) is 13.1 Å². The smallest absolute Gasteiger partial charge is 0.303 e. The van der Waals surface area contributed by atoms with Crippen LogP contribution in [0.15, 0.2) is 12.4 Å². The van der Waals surface area contributed by atoms with Gasteiger partial charge in [0.25, 0.3) is 0 Å². The van der Waals surface area contributed by atoms with Gasteiger partial charge in [-0.25, -0.2) is 4.68 Å². The lowest BCUT2D eigenvalue weighted by molar-refractivity contribution is -0.145. The van der Waals surface area contributed by atoms with Crippen molar-refractivity contribution in [2.45, 2.75) is 13.0 Å². The highest BCUT2D eigenvalue weighted by Gasteiger charge is 2.31. The van der Waals surface area contributed by atoms with Crippen LogP contribution in [-0.4, -0.2) is 50.0 Å². The maximum absolute atomic E-state index is 11.6. The van der Waals surface area contributed by atoms with Crippen molar-refractivity contribution in [3.05, 3.63) is 12.4 Å². The van der Waals surface area contributed by atoms with Gasteiger partial charge >= 0.3 is 5.97 Å². The van der Waals surface area contributed by atoms with Crippen LogP contribution in [-0.2, 0) is 16.1 Å². The summed E-state index contributed by atoms with van der Waals surface area (Å²) in [5.41, 5.74) is 0. The number of rotatable bonds is 4. The highest BCUT2D eigenvalue weighted by atomic mass is 16.4. The Hall–Kier alpha value is -1.92. The fourth-order valence-corrected chi connectivity index (χ4v) is 1.71. The van der Waals surface area contributed by atoms with Gasteiger partial charge in [-0.05, 0) is 0 Å². The van der Waals surface area contributed by atoms with Crippen LogP contribution in [0, 0.1) is 5.92 Å². The standard InChI is InChI=1S/C9H12N4O3/c14-8(6-13-2-1-10-11-13)12-4-7(5-12)3-9(15)16/h1-2,7H,3-6H2,(H,15,16). The monoisotopic (exact) mass is 224 g/mol. The average Bonchev–Trinajstić information content (AvgIpc) is 2.62. The van der Waals surface area contributed by atoms with Crippen LogP contribution in [0.1, 0.15) is 6.42 Å². The number of carbonyl (C=O) groups excluding carboxylic acids is 1. The predicted octanol–water partition coefficient (Wildman–Crippen LogP) is -0.789. The van der Waals surface area contributed by atoms with Gasteiger partial charge < -0.3 is 10.0 Å². The van der Waals surface area contributed by atoms with Crippen molar-refractivity contribution in [2.75, 3.05) is 13.1 Å².